The highest BCUT2D eigenvalue weighted by Crippen LogP contribution is 2.41. The van der Waals surface area contributed by atoms with Gasteiger partial charge in [-0.25, -0.2) is 18.6 Å². The van der Waals surface area contributed by atoms with Crippen LogP contribution in [0.25, 0.3) is 33.1 Å². The molecule has 0 aliphatic rings. The highest BCUT2D eigenvalue weighted by Gasteiger charge is 2.42. The van der Waals surface area contributed by atoms with Crippen molar-refractivity contribution >= 4 is 27.9 Å². The van der Waals surface area contributed by atoms with E-state index in [9.17, 15) is 31.5 Å². The van der Waals surface area contributed by atoms with Gasteiger partial charge in [-0.15, -0.1) is 0 Å². The molecule has 8 nitrogen and oxygen atoms in total. The summed E-state index contributed by atoms with van der Waals surface area (Å²) in [5, 5.41) is 0.115. The van der Waals surface area contributed by atoms with Crippen LogP contribution in [0.15, 0.2) is 90.2 Å². The number of nitrogens with zero attached hydrogens (tertiary/aromatic N) is 4. The summed E-state index contributed by atoms with van der Waals surface area (Å²) >= 11 is 0. The smallest absolute Gasteiger partial charge is 0.451 e. The largest absolute Gasteiger partial charge is 0.493 e. The molecule has 0 saturated carbocycles. The Morgan fingerprint density at radius 2 is 1.74 bits per heavy atom. The van der Waals surface area contributed by atoms with E-state index in [4.69, 9.17) is 4.74 Å². The Hall–Kier alpha value is -5.46. The summed E-state index contributed by atoms with van der Waals surface area (Å²) in [4.78, 5) is 34.3. The number of rotatable bonds is 6. The van der Waals surface area contributed by atoms with E-state index in [0.29, 0.717) is 27.4 Å². The standard InChI is InChI=1S/C30H19F5N4O4/c1-37-16-36-25-23(37)9-8-20(27(25)42-24-10-7-18(31)13-22(24)32)21-15-38(14-17-5-3-2-4-6-17)28(40)26-19(21)11-12-39(26)43-29(41)30(33,34)35/h2-13,15-16H,14H2,1H3. The Kier molecular flexibility index (Phi) is 6.71. The molecule has 43 heavy (non-hydrogen) atoms. The van der Waals surface area contributed by atoms with Crippen molar-refractivity contribution in [2.75, 3.05) is 0 Å². The molecule has 3 aromatic carbocycles. The van der Waals surface area contributed by atoms with Crippen LogP contribution in [0.4, 0.5) is 22.0 Å². The molecule has 6 aromatic rings. The first-order valence-corrected chi connectivity index (χ1v) is 12.7. The quantitative estimate of drug-likeness (QED) is 0.221. The first-order valence-electron chi connectivity index (χ1n) is 12.7. The van der Waals surface area contributed by atoms with Gasteiger partial charge in [0.05, 0.1) is 18.4 Å². The van der Waals surface area contributed by atoms with Crippen LogP contribution in [-0.4, -0.2) is 31.0 Å². The summed E-state index contributed by atoms with van der Waals surface area (Å²) in [6.07, 6.45) is -1.32. The van der Waals surface area contributed by atoms with Crippen LogP contribution >= 0.6 is 0 Å². The molecule has 6 rings (SSSR count). The van der Waals surface area contributed by atoms with Gasteiger partial charge in [0.1, 0.15) is 11.3 Å². The molecule has 0 bridgehead atoms. The second kappa shape index (κ2) is 10.4. The highest BCUT2D eigenvalue weighted by molar-refractivity contribution is 6.00. The number of halogens is 5. The van der Waals surface area contributed by atoms with Gasteiger partial charge in [0.25, 0.3) is 5.56 Å². The van der Waals surface area contributed by atoms with Crippen LogP contribution in [0, 0.1) is 11.6 Å². The van der Waals surface area contributed by atoms with Crippen molar-refractivity contribution in [1.29, 1.82) is 0 Å². The van der Waals surface area contributed by atoms with E-state index in [1.165, 1.54) is 23.2 Å². The number of aromatic nitrogens is 4. The van der Waals surface area contributed by atoms with Gasteiger partial charge in [0, 0.05) is 42.0 Å². The van der Waals surface area contributed by atoms with Crippen LogP contribution < -0.4 is 15.1 Å². The first kappa shape index (κ1) is 27.7. The van der Waals surface area contributed by atoms with Crippen molar-refractivity contribution in [3.8, 4) is 22.6 Å². The summed E-state index contributed by atoms with van der Waals surface area (Å²) in [6, 6.07) is 16.2. The number of benzene rings is 3. The lowest BCUT2D eigenvalue weighted by molar-refractivity contribution is -0.199. The number of pyridine rings is 1. The summed E-state index contributed by atoms with van der Waals surface area (Å²) < 4.78 is 77.0. The molecule has 218 valence electrons. The third-order valence-corrected chi connectivity index (χ3v) is 6.75. The van der Waals surface area contributed by atoms with Crippen LogP contribution in [0.5, 0.6) is 11.5 Å². The number of alkyl halides is 3. The van der Waals surface area contributed by atoms with E-state index in [-0.39, 0.29) is 40.1 Å². The number of imidazole rings is 1. The van der Waals surface area contributed by atoms with E-state index in [1.807, 2.05) is 0 Å². The molecule has 13 heteroatoms. The minimum Gasteiger partial charge on any atom is -0.451 e. The van der Waals surface area contributed by atoms with Crippen molar-refractivity contribution < 1.29 is 36.3 Å². The third-order valence-electron chi connectivity index (χ3n) is 6.75. The van der Waals surface area contributed by atoms with Gasteiger partial charge in [0.2, 0.25) is 0 Å². The molecule has 0 unspecified atom stereocenters. The summed E-state index contributed by atoms with van der Waals surface area (Å²) in [5.41, 5.74) is 1.04. The van der Waals surface area contributed by atoms with Gasteiger partial charge in [-0.05, 0) is 35.9 Å². The molecule has 0 fully saturated rings. The normalized spacial score (nSPS) is 11.8. The van der Waals surface area contributed by atoms with Gasteiger partial charge < -0.3 is 18.7 Å². The maximum atomic E-state index is 14.7. The molecular weight excluding hydrogens is 575 g/mol. The minimum absolute atomic E-state index is 0.00955. The van der Waals surface area contributed by atoms with Crippen LogP contribution in [0.1, 0.15) is 5.56 Å². The number of aryl methyl sites for hydroxylation is 1. The lowest BCUT2D eigenvalue weighted by Crippen LogP contribution is -2.34. The van der Waals surface area contributed by atoms with Crippen LogP contribution in [0.3, 0.4) is 0 Å². The summed E-state index contributed by atoms with van der Waals surface area (Å²) in [5.74, 6) is -4.59. The average molecular weight is 594 g/mol. The molecule has 0 saturated heterocycles. The fourth-order valence-corrected chi connectivity index (χ4v) is 4.75. The topological polar surface area (TPSA) is 80.3 Å². The minimum atomic E-state index is -5.32. The van der Waals surface area contributed by atoms with Crippen molar-refractivity contribution in [2.45, 2.75) is 12.7 Å². The molecule has 3 aromatic heterocycles. The zero-order valence-electron chi connectivity index (χ0n) is 22.1. The second-order valence-corrected chi connectivity index (χ2v) is 9.58. The molecule has 0 aliphatic carbocycles. The zero-order valence-corrected chi connectivity index (χ0v) is 22.1. The molecule has 3 heterocycles. The Balaban J connectivity index is 1.62. The Labute approximate surface area is 238 Å². The molecule has 0 spiro atoms. The lowest BCUT2D eigenvalue weighted by atomic mass is 10.0. The van der Waals surface area contributed by atoms with Crippen LogP contribution in [0.2, 0.25) is 0 Å². The number of fused-ring (bicyclic) bond motifs is 2. The Bertz CT molecular complexity index is 2080. The van der Waals surface area contributed by atoms with Gasteiger partial charge >= 0.3 is 12.1 Å². The van der Waals surface area contributed by atoms with E-state index in [0.717, 1.165) is 18.3 Å². The van der Waals surface area contributed by atoms with Crippen molar-refractivity contribution in [2.24, 2.45) is 7.05 Å². The van der Waals surface area contributed by atoms with Crippen molar-refractivity contribution in [3.63, 3.8) is 0 Å². The van der Waals surface area contributed by atoms with Gasteiger partial charge in [0.15, 0.2) is 22.8 Å². The first-order chi connectivity index (χ1) is 20.5. The molecule has 0 aliphatic heterocycles. The second-order valence-electron chi connectivity index (χ2n) is 9.58. The fourth-order valence-electron chi connectivity index (χ4n) is 4.75. The fraction of sp³-hybridized carbons (Fsp3) is 0.100. The van der Waals surface area contributed by atoms with E-state index in [1.54, 1.807) is 54.1 Å². The molecule has 0 radical (unpaired) electrons. The van der Waals surface area contributed by atoms with Crippen LogP contribution in [-0.2, 0) is 18.4 Å². The van der Waals surface area contributed by atoms with E-state index in [2.05, 4.69) is 9.82 Å². The highest BCUT2D eigenvalue weighted by atomic mass is 19.4. The molecule has 0 amide bonds. The van der Waals surface area contributed by atoms with Gasteiger partial charge in [-0.2, -0.15) is 17.9 Å². The van der Waals surface area contributed by atoms with E-state index < -0.39 is 29.3 Å². The third kappa shape index (κ3) is 5.09. The number of hydrogen-bond donors (Lipinski definition) is 0. The van der Waals surface area contributed by atoms with Gasteiger partial charge in [-0.3, -0.25) is 4.79 Å². The van der Waals surface area contributed by atoms with Crippen molar-refractivity contribution in [3.05, 3.63) is 113 Å². The van der Waals surface area contributed by atoms with E-state index >= 15 is 0 Å². The predicted octanol–water partition coefficient (Wildman–Crippen LogP) is 5.99. The number of carbonyl (C=O) groups excluding carboxylic acids is 1. The Morgan fingerprint density at radius 1 is 0.977 bits per heavy atom. The molecular formula is C30H19F5N4O4. The number of ether oxygens (including phenoxy) is 1. The van der Waals surface area contributed by atoms with Crippen molar-refractivity contribution in [1.82, 2.24) is 18.8 Å². The Morgan fingerprint density at radius 3 is 2.47 bits per heavy atom. The SMILES string of the molecule is Cn1cnc2c(Oc3ccc(F)cc3F)c(-c3cn(Cc4ccccc4)c(=O)c4c3ccn4OC(=O)C(F)(F)F)ccc21. The summed E-state index contributed by atoms with van der Waals surface area (Å²) in [6.45, 7) is 0.00955. The number of carbonyl (C=O) groups is 1. The monoisotopic (exact) mass is 594 g/mol. The number of hydrogen-bond acceptors (Lipinski definition) is 5. The molecule has 0 atom stereocenters. The maximum Gasteiger partial charge on any atom is 0.493 e. The van der Waals surface area contributed by atoms with Gasteiger partial charge in [-0.1, -0.05) is 30.3 Å². The predicted molar refractivity (Wildman–Crippen MR) is 146 cm³/mol. The maximum absolute atomic E-state index is 14.7. The zero-order chi connectivity index (χ0) is 30.5. The average Bonchev–Trinajstić information content (AvgIpc) is 3.56. The lowest BCUT2D eigenvalue weighted by Gasteiger charge is -2.16. The molecule has 0 N–H and O–H groups in total. The summed E-state index contributed by atoms with van der Waals surface area (Å²) in [7, 11) is 1.73.